The molecule has 0 radical (unpaired) electrons. The number of carboxylic acid groups (broad SMARTS) is 1. The Morgan fingerprint density at radius 2 is 1.64 bits per heavy atom. The second-order valence-corrected chi connectivity index (χ2v) is 7.22. The van der Waals surface area contributed by atoms with Gasteiger partial charge in [-0.15, -0.1) is 5.10 Å². The average Bonchev–Trinajstić information content (AvgIpc) is 2.67. The summed E-state index contributed by atoms with van der Waals surface area (Å²) in [5.41, 5.74) is 2.00. The van der Waals surface area contributed by atoms with Crippen LogP contribution in [0.1, 0.15) is 58.7 Å². The quantitative estimate of drug-likeness (QED) is 0.520. The van der Waals surface area contributed by atoms with Gasteiger partial charge in [-0.3, -0.25) is 0 Å². The summed E-state index contributed by atoms with van der Waals surface area (Å²) in [6.45, 7) is 13.6. The molecule has 1 aromatic heterocycles. The standard InChI is InChI=1S/C16H16Cl2N2O3S.2C2H6/c1-8(2)11-6-14(20-19-9(11)3)24-16-12(17)4-10(5-13(16)18)23-7-15(21)22;2*1-2/h4-6,8H,7H2,1-3H3,(H,21,22);2*1-2H3. The van der Waals surface area contributed by atoms with Crippen LogP contribution in [0.5, 0.6) is 5.75 Å². The van der Waals surface area contributed by atoms with E-state index in [2.05, 4.69) is 24.0 Å². The van der Waals surface area contributed by atoms with Gasteiger partial charge >= 0.3 is 5.97 Å². The molecular weight excluding hydrogens is 419 g/mol. The second kappa shape index (κ2) is 13.6. The predicted octanol–water partition coefficient (Wildman–Crippen LogP) is 6.88. The minimum atomic E-state index is -1.07. The summed E-state index contributed by atoms with van der Waals surface area (Å²) in [5, 5.41) is 18.4. The van der Waals surface area contributed by atoms with E-state index in [1.54, 1.807) is 0 Å². The van der Waals surface area contributed by atoms with E-state index in [1.165, 1.54) is 23.9 Å². The highest BCUT2D eigenvalue weighted by molar-refractivity contribution is 7.99. The van der Waals surface area contributed by atoms with Crippen molar-refractivity contribution in [3.63, 3.8) is 0 Å². The number of aliphatic carboxylic acids is 1. The molecule has 0 saturated carbocycles. The van der Waals surface area contributed by atoms with E-state index in [0.717, 1.165) is 11.3 Å². The predicted molar refractivity (Wildman–Crippen MR) is 117 cm³/mol. The number of ether oxygens (including phenoxy) is 1. The largest absolute Gasteiger partial charge is 0.482 e. The Kier molecular flexibility index (Phi) is 12.9. The van der Waals surface area contributed by atoms with Gasteiger partial charge in [-0.2, -0.15) is 5.10 Å². The van der Waals surface area contributed by atoms with Gasteiger partial charge in [0, 0.05) is 12.1 Å². The molecule has 28 heavy (non-hydrogen) atoms. The summed E-state index contributed by atoms with van der Waals surface area (Å²) in [6.07, 6.45) is 0. The molecule has 0 spiro atoms. The number of aromatic nitrogens is 2. The molecule has 1 N–H and O–H groups in total. The van der Waals surface area contributed by atoms with Gasteiger partial charge in [0.1, 0.15) is 10.8 Å². The van der Waals surface area contributed by atoms with Crippen LogP contribution in [-0.2, 0) is 4.79 Å². The minimum Gasteiger partial charge on any atom is -0.482 e. The number of rotatable bonds is 6. The van der Waals surface area contributed by atoms with Crippen LogP contribution in [0.2, 0.25) is 10.0 Å². The van der Waals surface area contributed by atoms with Gasteiger partial charge in [-0.25, -0.2) is 4.79 Å². The van der Waals surface area contributed by atoms with Crippen molar-refractivity contribution in [1.29, 1.82) is 0 Å². The lowest BCUT2D eigenvalue weighted by atomic mass is 10.0. The lowest BCUT2D eigenvalue weighted by Gasteiger charge is -2.12. The third-order valence-corrected chi connectivity index (χ3v) is 5.03. The molecule has 0 atom stereocenters. The zero-order chi connectivity index (χ0) is 21.9. The highest BCUT2D eigenvalue weighted by Gasteiger charge is 2.14. The van der Waals surface area contributed by atoms with Crippen LogP contribution >= 0.6 is 35.0 Å². The van der Waals surface area contributed by atoms with Crippen LogP contribution in [-0.4, -0.2) is 27.9 Å². The zero-order valence-corrected chi connectivity index (χ0v) is 19.7. The van der Waals surface area contributed by atoms with E-state index in [9.17, 15) is 4.79 Å². The molecular formula is C20H28Cl2N2O3S. The first-order valence-electron chi connectivity index (χ1n) is 9.13. The van der Waals surface area contributed by atoms with E-state index < -0.39 is 12.6 Å². The molecule has 0 aliphatic rings. The monoisotopic (exact) mass is 446 g/mol. The van der Waals surface area contributed by atoms with Crippen LogP contribution < -0.4 is 4.74 Å². The number of hydrogen-bond acceptors (Lipinski definition) is 5. The summed E-state index contributed by atoms with van der Waals surface area (Å²) in [5.74, 6) is -0.441. The van der Waals surface area contributed by atoms with E-state index in [0.29, 0.717) is 31.6 Å². The third-order valence-electron chi connectivity index (χ3n) is 3.16. The van der Waals surface area contributed by atoms with Gasteiger partial charge in [-0.1, -0.05) is 76.5 Å². The summed E-state index contributed by atoms with van der Waals surface area (Å²) in [6, 6.07) is 5.03. The van der Waals surface area contributed by atoms with Crippen LogP contribution in [0.3, 0.4) is 0 Å². The van der Waals surface area contributed by atoms with Gasteiger partial charge < -0.3 is 9.84 Å². The Morgan fingerprint density at radius 1 is 1.11 bits per heavy atom. The van der Waals surface area contributed by atoms with Crippen molar-refractivity contribution in [1.82, 2.24) is 10.2 Å². The number of carbonyl (C=O) groups is 1. The average molecular weight is 447 g/mol. The molecule has 0 saturated heterocycles. The van der Waals surface area contributed by atoms with E-state index in [-0.39, 0.29) is 0 Å². The molecule has 0 aliphatic heterocycles. The molecule has 8 heteroatoms. The number of benzene rings is 1. The van der Waals surface area contributed by atoms with E-state index in [1.807, 2.05) is 40.7 Å². The number of carboxylic acids is 1. The van der Waals surface area contributed by atoms with Crippen LogP contribution in [0.4, 0.5) is 0 Å². The van der Waals surface area contributed by atoms with Crippen LogP contribution in [0, 0.1) is 6.92 Å². The smallest absolute Gasteiger partial charge is 0.341 e. The molecule has 0 amide bonds. The van der Waals surface area contributed by atoms with Gasteiger partial charge in [0.2, 0.25) is 0 Å². The molecule has 2 aromatic rings. The van der Waals surface area contributed by atoms with E-state index in [4.69, 9.17) is 33.0 Å². The number of halogens is 2. The Morgan fingerprint density at radius 3 is 2.11 bits per heavy atom. The molecule has 5 nitrogen and oxygen atoms in total. The normalized spacial score (nSPS) is 9.79. The fourth-order valence-electron chi connectivity index (χ4n) is 2.05. The summed E-state index contributed by atoms with van der Waals surface area (Å²) in [7, 11) is 0. The Bertz CT molecular complexity index is 748. The number of nitrogens with zero attached hydrogens (tertiary/aromatic N) is 2. The highest BCUT2D eigenvalue weighted by Crippen LogP contribution is 2.40. The molecule has 1 heterocycles. The Balaban J connectivity index is 0.00000171. The van der Waals surface area contributed by atoms with Crippen molar-refractivity contribution < 1.29 is 14.6 Å². The first-order chi connectivity index (χ1) is 13.3. The maximum absolute atomic E-state index is 10.6. The molecule has 1 aromatic carbocycles. The molecule has 0 aliphatic carbocycles. The summed E-state index contributed by atoms with van der Waals surface area (Å²) < 4.78 is 5.09. The molecule has 156 valence electrons. The number of hydrogen-bond donors (Lipinski definition) is 1. The Labute approximate surface area is 181 Å². The number of aryl methyl sites for hydroxylation is 1. The van der Waals surface area contributed by atoms with Crippen molar-refractivity contribution in [3.8, 4) is 5.75 Å². The summed E-state index contributed by atoms with van der Waals surface area (Å²) in [4.78, 5) is 11.2. The maximum atomic E-state index is 10.6. The fourth-order valence-corrected chi connectivity index (χ4v) is 3.54. The maximum Gasteiger partial charge on any atom is 0.341 e. The molecule has 0 fully saturated rings. The Hall–Kier alpha value is -1.50. The first kappa shape index (κ1) is 26.5. The molecule has 0 bridgehead atoms. The lowest BCUT2D eigenvalue weighted by Crippen LogP contribution is -2.09. The van der Waals surface area contributed by atoms with E-state index >= 15 is 0 Å². The molecule has 2 rings (SSSR count). The van der Waals surface area contributed by atoms with Crippen molar-refractivity contribution in [3.05, 3.63) is 39.5 Å². The van der Waals surface area contributed by atoms with Crippen molar-refractivity contribution in [2.45, 2.75) is 64.3 Å². The van der Waals surface area contributed by atoms with Crippen molar-refractivity contribution >= 4 is 40.9 Å². The SMILES string of the molecule is CC.CC.Cc1nnc(Sc2c(Cl)cc(OCC(=O)O)cc2Cl)cc1C(C)C. The third kappa shape index (κ3) is 8.25. The molecule has 0 unspecified atom stereocenters. The van der Waals surface area contributed by atoms with Crippen LogP contribution in [0.25, 0.3) is 0 Å². The van der Waals surface area contributed by atoms with Gasteiger partial charge in [0.15, 0.2) is 6.61 Å². The lowest BCUT2D eigenvalue weighted by molar-refractivity contribution is -0.139. The summed E-state index contributed by atoms with van der Waals surface area (Å²) >= 11 is 13.8. The van der Waals surface area contributed by atoms with Gasteiger partial charge in [-0.05, 0) is 24.5 Å². The van der Waals surface area contributed by atoms with Crippen LogP contribution in [0.15, 0.2) is 28.1 Å². The highest BCUT2D eigenvalue weighted by atomic mass is 35.5. The topological polar surface area (TPSA) is 72.3 Å². The minimum absolute atomic E-state index is 0.301. The second-order valence-electron chi connectivity index (χ2n) is 5.38. The zero-order valence-electron chi connectivity index (χ0n) is 17.3. The fraction of sp³-hybridized carbons (Fsp3) is 0.450. The van der Waals surface area contributed by atoms with Gasteiger partial charge in [0.05, 0.1) is 20.6 Å². The van der Waals surface area contributed by atoms with Gasteiger partial charge in [0.25, 0.3) is 0 Å². The van der Waals surface area contributed by atoms with Crippen molar-refractivity contribution in [2.24, 2.45) is 0 Å². The first-order valence-corrected chi connectivity index (χ1v) is 10.7. The van der Waals surface area contributed by atoms with Crippen molar-refractivity contribution in [2.75, 3.05) is 6.61 Å².